The van der Waals surface area contributed by atoms with E-state index in [1.54, 1.807) is 0 Å². The second-order valence-corrected chi connectivity index (χ2v) is 6.43. The summed E-state index contributed by atoms with van der Waals surface area (Å²) in [6, 6.07) is 6.93. The molecular formula is C17H27ClN2. The van der Waals surface area contributed by atoms with Crippen LogP contribution in [0.25, 0.3) is 0 Å². The van der Waals surface area contributed by atoms with Crippen molar-refractivity contribution in [1.29, 1.82) is 0 Å². The Bertz CT molecular complexity index is 425. The second kappa shape index (κ2) is 7.33. The van der Waals surface area contributed by atoms with Gasteiger partial charge in [0.05, 0.1) is 0 Å². The van der Waals surface area contributed by atoms with Gasteiger partial charge in [-0.15, -0.1) is 0 Å². The Hall–Kier alpha value is -0.730. The number of benzene rings is 1. The van der Waals surface area contributed by atoms with E-state index in [0.29, 0.717) is 6.04 Å². The van der Waals surface area contributed by atoms with Crippen molar-refractivity contribution >= 4 is 17.3 Å². The van der Waals surface area contributed by atoms with Gasteiger partial charge in [-0.2, -0.15) is 0 Å². The van der Waals surface area contributed by atoms with E-state index in [0.717, 1.165) is 17.5 Å². The van der Waals surface area contributed by atoms with E-state index in [9.17, 15) is 0 Å². The third-order valence-electron chi connectivity index (χ3n) is 4.73. The van der Waals surface area contributed by atoms with E-state index >= 15 is 0 Å². The van der Waals surface area contributed by atoms with Crippen LogP contribution in [0.3, 0.4) is 0 Å². The second-order valence-electron chi connectivity index (χ2n) is 6.00. The maximum atomic E-state index is 6.13. The van der Waals surface area contributed by atoms with Gasteiger partial charge in [-0.25, -0.2) is 0 Å². The van der Waals surface area contributed by atoms with Crippen LogP contribution in [0, 0.1) is 5.92 Å². The predicted octanol–water partition coefficient (Wildman–Crippen LogP) is 4.46. The van der Waals surface area contributed by atoms with E-state index in [-0.39, 0.29) is 0 Å². The number of nitrogens with zero attached hydrogens (tertiary/aromatic N) is 1. The Balaban J connectivity index is 2.10. The Morgan fingerprint density at radius 2 is 1.95 bits per heavy atom. The molecule has 0 heterocycles. The lowest BCUT2D eigenvalue weighted by Crippen LogP contribution is -2.35. The molecule has 0 aromatic heterocycles. The molecule has 1 N–H and O–H groups in total. The molecule has 0 radical (unpaired) electrons. The summed E-state index contributed by atoms with van der Waals surface area (Å²) >= 11 is 6.13. The monoisotopic (exact) mass is 294 g/mol. The van der Waals surface area contributed by atoms with Crippen molar-refractivity contribution in [2.75, 3.05) is 19.0 Å². The maximum Gasteiger partial charge on any atom is 0.0412 e. The normalized spacial score (nSPS) is 22.8. The van der Waals surface area contributed by atoms with Crippen molar-refractivity contribution in [1.82, 2.24) is 5.32 Å². The molecule has 0 amide bonds. The molecule has 20 heavy (non-hydrogen) atoms. The average molecular weight is 295 g/mol. The van der Waals surface area contributed by atoms with Crippen molar-refractivity contribution in [3.05, 3.63) is 28.8 Å². The third-order valence-corrected chi connectivity index (χ3v) is 4.97. The van der Waals surface area contributed by atoms with E-state index in [1.807, 2.05) is 13.1 Å². The highest BCUT2D eigenvalue weighted by Gasteiger charge is 2.24. The van der Waals surface area contributed by atoms with Crippen LogP contribution in [0.1, 0.15) is 44.6 Å². The first kappa shape index (κ1) is 15.7. The van der Waals surface area contributed by atoms with Gasteiger partial charge in [0, 0.05) is 30.3 Å². The summed E-state index contributed by atoms with van der Waals surface area (Å²) in [5.74, 6) is 0.946. The lowest BCUT2D eigenvalue weighted by atomic mass is 9.84. The van der Waals surface area contributed by atoms with Crippen LogP contribution < -0.4 is 10.2 Å². The molecule has 1 fully saturated rings. The molecule has 1 aromatic carbocycles. The van der Waals surface area contributed by atoms with Gasteiger partial charge >= 0.3 is 0 Å². The van der Waals surface area contributed by atoms with Crippen LogP contribution in [0.4, 0.5) is 5.69 Å². The van der Waals surface area contributed by atoms with Crippen molar-refractivity contribution in [2.24, 2.45) is 5.92 Å². The molecule has 1 aliphatic rings. The van der Waals surface area contributed by atoms with Crippen LogP contribution >= 0.6 is 11.6 Å². The predicted molar refractivity (Wildman–Crippen MR) is 88.7 cm³/mol. The van der Waals surface area contributed by atoms with Crippen LogP contribution in [-0.2, 0) is 6.54 Å². The molecule has 1 saturated carbocycles. The number of nitrogens with one attached hydrogen (secondary N) is 1. The summed E-state index contributed by atoms with van der Waals surface area (Å²) in [5.41, 5.74) is 2.61. The summed E-state index contributed by atoms with van der Waals surface area (Å²) in [4.78, 5) is 2.47. The quantitative estimate of drug-likeness (QED) is 0.862. The summed E-state index contributed by atoms with van der Waals surface area (Å²) in [6.07, 6.45) is 6.72. The van der Waals surface area contributed by atoms with Gasteiger partial charge in [0.2, 0.25) is 0 Å². The molecule has 0 aliphatic heterocycles. The first-order valence-electron chi connectivity index (χ1n) is 7.81. The topological polar surface area (TPSA) is 15.3 Å². The molecule has 2 nitrogen and oxygen atoms in total. The third kappa shape index (κ3) is 3.67. The van der Waals surface area contributed by atoms with Crippen LogP contribution in [0.15, 0.2) is 18.2 Å². The number of anilines is 1. The van der Waals surface area contributed by atoms with Crippen LogP contribution in [-0.4, -0.2) is 20.1 Å². The average Bonchev–Trinajstić information content (AvgIpc) is 2.47. The molecule has 1 aliphatic carbocycles. The van der Waals surface area contributed by atoms with Gasteiger partial charge < -0.3 is 10.2 Å². The fourth-order valence-electron chi connectivity index (χ4n) is 3.37. The minimum atomic E-state index is 0.676. The molecule has 0 unspecified atom stereocenters. The largest absolute Gasteiger partial charge is 0.371 e. The highest BCUT2D eigenvalue weighted by atomic mass is 35.5. The van der Waals surface area contributed by atoms with Crippen molar-refractivity contribution in [3.63, 3.8) is 0 Å². The van der Waals surface area contributed by atoms with Crippen molar-refractivity contribution in [2.45, 2.75) is 51.6 Å². The Morgan fingerprint density at radius 3 is 2.55 bits per heavy atom. The lowest BCUT2D eigenvalue weighted by molar-refractivity contribution is 0.313. The molecule has 0 spiro atoms. The van der Waals surface area contributed by atoms with E-state index in [4.69, 9.17) is 11.6 Å². The number of halogens is 1. The van der Waals surface area contributed by atoms with Gasteiger partial charge in [0.1, 0.15) is 0 Å². The molecule has 2 rings (SSSR count). The fourth-order valence-corrected chi connectivity index (χ4v) is 3.56. The van der Waals surface area contributed by atoms with E-state index in [1.165, 1.54) is 43.4 Å². The smallest absolute Gasteiger partial charge is 0.0412 e. The molecule has 112 valence electrons. The number of hydrogen-bond acceptors (Lipinski definition) is 2. The van der Waals surface area contributed by atoms with Gasteiger partial charge in [0.25, 0.3) is 0 Å². The Labute approximate surface area is 128 Å². The summed E-state index contributed by atoms with van der Waals surface area (Å²) in [7, 11) is 4.22. The van der Waals surface area contributed by atoms with Gasteiger partial charge in [0.15, 0.2) is 0 Å². The van der Waals surface area contributed by atoms with Gasteiger partial charge in [-0.3, -0.25) is 0 Å². The Kier molecular flexibility index (Phi) is 5.74. The highest BCUT2D eigenvalue weighted by Crippen LogP contribution is 2.33. The molecule has 3 heteroatoms. The zero-order chi connectivity index (χ0) is 14.5. The van der Waals surface area contributed by atoms with Crippen molar-refractivity contribution in [3.8, 4) is 0 Å². The Morgan fingerprint density at radius 1 is 1.25 bits per heavy atom. The highest BCUT2D eigenvalue weighted by molar-refractivity contribution is 6.30. The fraction of sp³-hybridized carbons (Fsp3) is 0.647. The van der Waals surface area contributed by atoms with Crippen LogP contribution in [0.5, 0.6) is 0 Å². The zero-order valence-corrected chi connectivity index (χ0v) is 13.7. The van der Waals surface area contributed by atoms with Crippen LogP contribution in [0.2, 0.25) is 5.02 Å². The van der Waals surface area contributed by atoms with Gasteiger partial charge in [-0.05, 0) is 62.4 Å². The van der Waals surface area contributed by atoms with E-state index in [2.05, 4.69) is 36.3 Å². The standard InChI is InChI=1S/C17H27ClN2/c1-4-13-5-8-16(9-6-13)20(3)17-10-7-15(18)11-14(17)12-19-2/h7,10-11,13,16,19H,4-6,8-9,12H2,1-3H3. The molecule has 0 bridgehead atoms. The maximum absolute atomic E-state index is 6.13. The minimum Gasteiger partial charge on any atom is -0.371 e. The molecule has 1 aromatic rings. The SMILES string of the molecule is CCC1CCC(N(C)c2ccc(Cl)cc2CNC)CC1. The van der Waals surface area contributed by atoms with E-state index < -0.39 is 0 Å². The minimum absolute atomic E-state index is 0.676. The molecule has 0 atom stereocenters. The molecule has 0 saturated heterocycles. The summed E-state index contributed by atoms with van der Waals surface area (Å²) < 4.78 is 0. The summed E-state index contributed by atoms with van der Waals surface area (Å²) in [5, 5.41) is 4.06. The van der Waals surface area contributed by atoms with Crippen molar-refractivity contribution < 1.29 is 0 Å². The number of hydrogen-bond donors (Lipinski definition) is 1. The zero-order valence-electron chi connectivity index (χ0n) is 13.0. The summed E-state index contributed by atoms with van der Waals surface area (Å²) in [6.45, 7) is 3.18. The first-order chi connectivity index (χ1) is 9.65. The van der Waals surface area contributed by atoms with Gasteiger partial charge in [-0.1, -0.05) is 24.9 Å². The molecular weight excluding hydrogens is 268 g/mol. The lowest BCUT2D eigenvalue weighted by Gasteiger charge is -2.36. The first-order valence-corrected chi connectivity index (χ1v) is 8.19. The number of rotatable bonds is 5.